The van der Waals surface area contributed by atoms with Crippen molar-refractivity contribution in [1.29, 1.82) is 0 Å². The summed E-state index contributed by atoms with van der Waals surface area (Å²) in [5.41, 5.74) is 1.46. The average molecular weight is 332 g/mol. The Kier molecular flexibility index (Phi) is 5.21. The van der Waals surface area contributed by atoms with Gasteiger partial charge >= 0.3 is 0 Å². The number of fused-ring (bicyclic) bond motifs is 1. The number of nitrogens with one attached hydrogen (secondary N) is 1. The van der Waals surface area contributed by atoms with Gasteiger partial charge in [-0.05, 0) is 44.4 Å². The van der Waals surface area contributed by atoms with E-state index in [1.807, 2.05) is 16.4 Å². The zero-order valence-corrected chi connectivity index (χ0v) is 14.8. The molecule has 1 N–H and O–H groups in total. The highest BCUT2D eigenvalue weighted by Crippen LogP contribution is 2.24. The maximum atomic E-state index is 13.0. The van der Waals surface area contributed by atoms with Crippen LogP contribution in [0.4, 0.5) is 0 Å². The van der Waals surface area contributed by atoms with Crippen molar-refractivity contribution in [3.05, 3.63) is 17.2 Å². The molecule has 0 spiro atoms. The summed E-state index contributed by atoms with van der Waals surface area (Å²) in [7, 11) is 0. The fourth-order valence-corrected chi connectivity index (χ4v) is 3.73. The molecule has 0 radical (unpaired) electrons. The molecule has 0 aromatic carbocycles. The van der Waals surface area contributed by atoms with Crippen LogP contribution >= 0.6 is 0 Å². The minimum atomic E-state index is -0.161. The maximum Gasteiger partial charge on any atom is 0.287 e. The van der Waals surface area contributed by atoms with Crippen molar-refractivity contribution in [2.75, 3.05) is 19.6 Å². The monoisotopic (exact) mass is 332 g/mol. The molecule has 1 atom stereocenters. The van der Waals surface area contributed by atoms with Crippen molar-refractivity contribution < 1.29 is 9.59 Å². The first-order valence-corrected chi connectivity index (χ1v) is 9.28. The number of carbonyl (C=O) groups is 2. The third kappa shape index (κ3) is 3.32. The van der Waals surface area contributed by atoms with Gasteiger partial charge in [-0.25, -0.2) is 4.98 Å². The smallest absolute Gasteiger partial charge is 0.287 e. The van der Waals surface area contributed by atoms with Gasteiger partial charge in [-0.15, -0.1) is 0 Å². The minimum Gasteiger partial charge on any atom is -0.349 e. The second kappa shape index (κ2) is 7.36. The fraction of sp³-hybridized carbons (Fsp3) is 0.722. The minimum absolute atomic E-state index is 0.00161. The lowest BCUT2D eigenvalue weighted by Crippen LogP contribution is -2.39. The van der Waals surface area contributed by atoms with Gasteiger partial charge in [0.2, 0.25) is 0 Å². The predicted molar refractivity (Wildman–Crippen MR) is 92.1 cm³/mol. The number of aromatic nitrogens is 2. The lowest BCUT2D eigenvalue weighted by molar-refractivity contribution is 0.0676. The summed E-state index contributed by atoms with van der Waals surface area (Å²) in [4.78, 5) is 31.8. The molecule has 3 rings (SSSR count). The summed E-state index contributed by atoms with van der Waals surface area (Å²) >= 11 is 0. The number of rotatable bonds is 4. The van der Waals surface area contributed by atoms with Crippen LogP contribution in [0.5, 0.6) is 0 Å². The van der Waals surface area contributed by atoms with Crippen molar-refractivity contribution in [1.82, 2.24) is 19.8 Å². The largest absolute Gasteiger partial charge is 0.349 e. The molecule has 6 nitrogen and oxygen atoms in total. The van der Waals surface area contributed by atoms with E-state index in [0.29, 0.717) is 24.0 Å². The van der Waals surface area contributed by atoms with E-state index < -0.39 is 0 Å². The Labute approximate surface area is 143 Å². The van der Waals surface area contributed by atoms with Gasteiger partial charge in [-0.2, -0.15) is 0 Å². The van der Waals surface area contributed by atoms with Crippen LogP contribution < -0.4 is 5.32 Å². The Balaban J connectivity index is 1.88. The van der Waals surface area contributed by atoms with E-state index in [2.05, 4.69) is 17.2 Å². The van der Waals surface area contributed by atoms with E-state index in [-0.39, 0.29) is 11.8 Å². The van der Waals surface area contributed by atoms with Crippen LogP contribution in [0.3, 0.4) is 0 Å². The van der Waals surface area contributed by atoms with Crippen molar-refractivity contribution in [3.63, 3.8) is 0 Å². The average Bonchev–Trinajstić information content (AvgIpc) is 2.99. The molecule has 1 fully saturated rings. The molecule has 2 amide bonds. The maximum absolute atomic E-state index is 13.0. The summed E-state index contributed by atoms with van der Waals surface area (Å²) in [6, 6.07) is 0. The lowest BCUT2D eigenvalue weighted by atomic mass is 9.99. The molecule has 132 valence electrons. The van der Waals surface area contributed by atoms with Crippen LogP contribution in [-0.2, 0) is 13.0 Å². The number of nitrogens with zero attached hydrogens (tertiary/aromatic N) is 3. The number of amides is 2. The van der Waals surface area contributed by atoms with Crippen molar-refractivity contribution >= 4 is 11.8 Å². The molecule has 2 aliphatic heterocycles. The quantitative estimate of drug-likeness (QED) is 0.919. The molecule has 0 bridgehead atoms. The molecular formula is C18H28N4O2. The number of piperidine rings is 1. The number of carbonyl (C=O) groups excluding carboxylic acids is 2. The second-order valence-electron chi connectivity index (χ2n) is 7.09. The summed E-state index contributed by atoms with van der Waals surface area (Å²) in [6.45, 7) is 7.21. The summed E-state index contributed by atoms with van der Waals surface area (Å²) < 4.78 is 1.97. The molecule has 1 unspecified atom stereocenters. The summed E-state index contributed by atoms with van der Waals surface area (Å²) in [6.07, 6.45) is 6.03. The highest BCUT2D eigenvalue weighted by atomic mass is 16.2. The van der Waals surface area contributed by atoms with Gasteiger partial charge in [0.1, 0.15) is 5.69 Å². The highest BCUT2D eigenvalue weighted by molar-refractivity contribution is 5.97. The zero-order valence-electron chi connectivity index (χ0n) is 14.8. The third-order valence-electron chi connectivity index (χ3n) is 5.00. The SMILES string of the molecule is CCCNC(=O)c1nc(C(=O)N2CCCC(C)C2)c2n1CCCC2. The number of hydrogen-bond donors (Lipinski definition) is 1. The van der Waals surface area contributed by atoms with Gasteiger partial charge in [-0.3, -0.25) is 9.59 Å². The Bertz CT molecular complexity index is 623. The predicted octanol–water partition coefficient (Wildman–Crippen LogP) is 2.23. The van der Waals surface area contributed by atoms with Gasteiger partial charge in [-0.1, -0.05) is 13.8 Å². The lowest BCUT2D eigenvalue weighted by Gasteiger charge is -2.30. The van der Waals surface area contributed by atoms with E-state index >= 15 is 0 Å². The normalized spacial score (nSPS) is 20.6. The van der Waals surface area contributed by atoms with Crippen LogP contribution in [0.2, 0.25) is 0 Å². The van der Waals surface area contributed by atoms with E-state index in [0.717, 1.165) is 57.4 Å². The van der Waals surface area contributed by atoms with E-state index in [1.165, 1.54) is 6.42 Å². The third-order valence-corrected chi connectivity index (χ3v) is 5.00. The van der Waals surface area contributed by atoms with Gasteiger partial charge < -0.3 is 14.8 Å². The molecule has 6 heteroatoms. The molecule has 2 aliphatic rings. The van der Waals surface area contributed by atoms with Crippen LogP contribution in [0.25, 0.3) is 0 Å². The number of hydrogen-bond acceptors (Lipinski definition) is 3. The molecule has 1 saturated heterocycles. The topological polar surface area (TPSA) is 67.2 Å². The van der Waals surface area contributed by atoms with Crippen molar-refractivity contribution in [2.24, 2.45) is 5.92 Å². The molecule has 0 saturated carbocycles. The number of imidazole rings is 1. The van der Waals surface area contributed by atoms with E-state index in [9.17, 15) is 9.59 Å². The standard InChI is InChI=1S/C18H28N4O2/c1-3-9-19-17(23)16-20-15(14-8-4-5-11-22(14)16)18(24)21-10-6-7-13(2)12-21/h13H,3-12H2,1-2H3,(H,19,23). The van der Waals surface area contributed by atoms with Gasteiger partial charge in [0.05, 0.1) is 5.69 Å². The Morgan fingerprint density at radius 2 is 2.08 bits per heavy atom. The molecular weight excluding hydrogens is 304 g/mol. The first-order chi connectivity index (χ1) is 11.6. The van der Waals surface area contributed by atoms with Crippen molar-refractivity contribution in [2.45, 2.75) is 58.9 Å². The molecule has 0 aliphatic carbocycles. The highest BCUT2D eigenvalue weighted by Gasteiger charge is 2.31. The van der Waals surface area contributed by atoms with Gasteiger partial charge in [0.25, 0.3) is 11.8 Å². The molecule has 3 heterocycles. The zero-order chi connectivity index (χ0) is 17.1. The Morgan fingerprint density at radius 1 is 1.25 bits per heavy atom. The molecule has 1 aromatic heterocycles. The van der Waals surface area contributed by atoms with Crippen LogP contribution in [-0.4, -0.2) is 45.9 Å². The van der Waals surface area contributed by atoms with Gasteiger partial charge in [0, 0.05) is 26.2 Å². The first-order valence-electron chi connectivity index (χ1n) is 9.28. The van der Waals surface area contributed by atoms with Crippen molar-refractivity contribution in [3.8, 4) is 0 Å². The second-order valence-corrected chi connectivity index (χ2v) is 7.09. The molecule has 1 aromatic rings. The van der Waals surface area contributed by atoms with Crippen LogP contribution in [0.1, 0.15) is 72.8 Å². The Morgan fingerprint density at radius 3 is 2.83 bits per heavy atom. The van der Waals surface area contributed by atoms with Crippen LogP contribution in [0, 0.1) is 5.92 Å². The van der Waals surface area contributed by atoms with Gasteiger partial charge in [0.15, 0.2) is 5.82 Å². The summed E-state index contributed by atoms with van der Waals surface area (Å²) in [5, 5.41) is 2.89. The van der Waals surface area contributed by atoms with E-state index in [1.54, 1.807) is 0 Å². The van der Waals surface area contributed by atoms with Crippen LogP contribution in [0.15, 0.2) is 0 Å². The Hall–Kier alpha value is -1.85. The van der Waals surface area contributed by atoms with E-state index in [4.69, 9.17) is 0 Å². The fourth-order valence-electron chi connectivity index (χ4n) is 3.73. The summed E-state index contributed by atoms with van der Waals surface area (Å²) in [5.74, 6) is 0.785. The first kappa shape index (κ1) is 17.0. The molecule has 24 heavy (non-hydrogen) atoms. The number of likely N-dealkylation sites (tertiary alicyclic amines) is 1.